The number of rotatable bonds is 8. The molecule has 0 spiro atoms. The number of anilines is 1. The SMILES string of the molecule is CSCCNC(=O)CN1CCN(c2ccc3c(=O)nc4c(S(=O)(=O)c5ccc(C)cc5C)n[nH]n4c3c2)CC1. The number of nitrogens with one attached hydrogen (secondary N) is 2. The molecular weight excluding hydrogens is 538 g/mol. The summed E-state index contributed by atoms with van der Waals surface area (Å²) in [6, 6.07) is 10.5. The molecule has 0 radical (unpaired) electrons. The van der Waals surface area contributed by atoms with Crippen LogP contribution in [0.4, 0.5) is 5.69 Å². The van der Waals surface area contributed by atoms with Gasteiger partial charge in [0, 0.05) is 44.2 Å². The molecule has 5 rings (SSSR count). The molecule has 2 N–H and O–H groups in total. The number of aromatic amines is 1. The van der Waals surface area contributed by atoms with Gasteiger partial charge in [0.2, 0.25) is 20.8 Å². The van der Waals surface area contributed by atoms with Crippen molar-refractivity contribution in [1.29, 1.82) is 0 Å². The van der Waals surface area contributed by atoms with Crippen molar-refractivity contribution in [2.45, 2.75) is 23.8 Å². The summed E-state index contributed by atoms with van der Waals surface area (Å²) < 4.78 is 28.5. The third-order valence-electron chi connectivity index (χ3n) is 6.92. The molecule has 1 amide bonds. The van der Waals surface area contributed by atoms with Crippen LogP contribution >= 0.6 is 11.8 Å². The van der Waals surface area contributed by atoms with Crippen LogP contribution in [0, 0.1) is 13.8 Å². The predicted molar refractivity (Wildman–Crippen MR) is 153 cm³/mol. The Kier molecular flexibility index (Phi) is 7.65. The monoisotopic (exact) mass is 569 g/mol. The summed E-state index contributed by atoms with van der Waals surface area (Å²) in [4.78, 5) is 33.6. The van der Waals surface area contributed by atoms with E-state index in [1.165, 1.54) is 4.52 Å². The van der Waals surface area contributed by atoms with Gasteiger partial charge in [-0.1, -0.05) is 17.7 Å². The molecule has 11 nitrogen and oxygen atoms in total. The number of amides is 1. The summed E-state index contributed by atoms with van der Waals surface area (Å²) in [6.45, 7) is 7.53. The average Bonchev–Trinajstić information content (AvgIpc) is 3.34. The highest BCUT2D eigenvalue weighted by atomic mass is 32.2. The third kappa shape index (κ3) is 5.38. The molecule has 0 atom stereocenters. The summed E-state index contributed by atoms with van der Waals surface area (Å²) in [5.41, 5.74) is 2.36. The molecule has 2 aromatic carbocycles. The molecule has 0 saturated carbocycles. The van der Waals surface area contributed by atoms with Gasteiger partial charge in [-0.05, 0) is 49.9 Å². The van der Waals surface area contributed by atoms with Gasteiger partial charge in [0.15, 0.2) is 5.65 Å². The number of sulfone groups is 1. The van der Waals surface area contributed by atoms with Gasteiger partial charge in [-0.25, -0.2) is 18.1 Å². The van der Waals surface area contributed by atoms with E-state index in [-0.39, 0.29) is 21.5 Å². The Balaban J connectivity index is 1.42. The molecule has 0 aliphatic carbocycles. The first-order chi connectivity index (χ1) is 18.7. The van der Waals surface area contributed by atoms with Gasteiger partial charge < -0.3 is 10.2 Å². The van der Waals surface area contributed by atoms with Crippen LogP contribution in [0.15, 0.2) is 51.1 Å². The maximum Gasteiger partial charge on any atom is 0.281 e. The number of piperazine rings is 1. The highest BCUT2D eigenvalue weighted by molar-refractivity contribution is 7.98. The predicted octanol–water partition coefficient (Wildman–Crippen LogP) is 1.62. The largest absolute Gasteiger partial charge is 0.369 e. The molecule has 13 heteroatoms. The number of benzene rings is 2. The lowest BCUT2D eigenvalue weighted by molar-refractivity contribution is -0.122. The zero-order valence-electron chi connectivity index (χ0n) is 22.1. The maximum atomic E-state index is 13.5. The summed E-state index contributed by atoms with van der Waals surface area (Å²) in [5.74, 6) is 0.922. The van der Waals surface area contributed by atoms with E-state index >= 15 is 0 Å². The van der Waals surface area contributed by atoms with Crippen molar-refractivity contribution < 1.29 is 13.2 Å². The Morgan fingerprint density at radius 2 is 1.87 bits per heavy atom. The molecule has 2 aromatic heterocycles. The van der Waals surface area contributed by atoms with E-state index in [1.807, 2.05) is 25.3 Å². The second-order valence-electron chi connectivity index (χ2n) is 9.67. The van der Waals surface area contributed by atoms with E-state index in [9.17, 15) is 18.0 Å². The summed E-state index contributed by atoms with van der Waals surface area (Å²) in [6.07, 6.45) is 2.01. The summed E-state index contributed by atoms with van der Waals surface area (Å²) >= 11 is 1.70. The van der Waals surface area contributed by atoms with Crippen LogP contribution in [-0.2, 0) is 14.6 Å². The zero-order chi connectivity index (χ0) is 27.7. The smallest absolute Gasteiger partial charge is 0.281 e. The van der Waals surface area contributed by atoms with Gasteiger partial charge in [0.25, 0.3) is 5.56 Å². The van der Waals surface area contributed by atoms with E-state index in [0.717, 1.165) is 30.1 Å². The first kappa shape index (κ1) is 27.2. The standard InChI is InChI=1S/C26H31N7O4S2/c1-17-4-7-22(18(2)14-17)39(36,37)26-24-28-25(35)20-6-5-19(15-21(20)33(24)30-29-26)32-11-9-31(10-12-32)16-23(34)27-8-13-38-3/h4-7,14-15,30H,8-13,16H2,1-3H3,(H,27,34). The number of aryl methyl sites for hydroxylation is 2. The topological polar surface area (TPSA) is 133 Å². The van der Waals surface area contributed by atoms with Crippen molar-refractivity contribution in [2.75, 3.05) is 56.2 Å². The van der Waals surface area contributed by atoms with Crippen molar-refractivity contribution >= 4 is 49.7 Å². The lowest BCUT2D eigenvalue weighted by Crippen LogP contribution is -2.49. The first-order valence-electron chi connectivity index (χ1n) is 12.6. The Bertz CT molecular complexity index is 1710. The van der Waals surface area contributed by atoms with E-state index in [4.69, 9.17) is 0 Å². The lowest BCUT2D eigenvalue weighted by Gasteiger charge is -2.35. The van der Waals surface area contributed by atoms with E-state index in [1.54, 1.807) is 43.0 Å². The zero-order valence-corrected chi connectivity index (χ0v) is 23.7. The molecule has 1 fully saturated rings. The molecule has 39 heavy (non-hydrogen) atoms. The molecule has 1 aliphatic heterocycles. The normalized spacial score (nSPS) is 14.8. The van der Waals surface area contributed by atoms with Gasteiger partial charge in [0.1, 0.15) is 0 Å². The third-order valence-corrected chi connectivity index (χ3v) is 9.35. The van der Waals surface area contributed by atoms with Crippen LogP contribution in [0.2, 0.25) is 0 Å². The van der Waals surface area contributed by atoms with Gasteiger partial charge in [-0.3, -0.25) is 14.5 Å². The number of H-pyrrole nitrogens is 1. The fraction of sp³-hybridized carbons (Fsp3) is 0.385. The number of thioether (sulfide) groups is 1. The minimum absolute atomic E-state index is 0.0308. The Morgan fingerprint density at radius 3 is 2.59 bits per heavy atom. The van der Waals surface area contributed by atoms with Gasteiger partial charge in [-0.15, -0.1) is 5.10 Å². The molecule has 0 bridgehead atoms. The molecule has 206 valence electrons. The van der Waals surface area contributed by atoms with Crippen molar-refractivity contribution in [3.63, 3.8) is 0 Å². The van der Waals surface area contributed by atoms with Crippen LogP contribution in [0.25, 0.3) is 16.6 Å². The number of carbonyl (C=O) groups excluding carboxylic acids is 1. The maximum absolute atomic E-state index is 13.5. The van der Waals surface area contributed by atoms with Crippen molar-refractivity contribution in [3.8, 4) is 0 Å². The van der Waals surface area contributed by atoms with Gasteiger partial charge in [0.05, 0.1) is 22.3 Å². The van der Waals surface area contributed by atoms with Crippen molar-refractivity contribution in [2.24, 2.45) is 0 Å². The van der Waals surface area contributed by atoms with Crippen LogP contribution in [0.1, 0.15) is 11.1 Å². The Labute approximate surface area is 230 Å². The van der Waals surface area contributed by atoms with Crippen molar-refractivity contribution in [1.82, 2.24) is 30.0 Å². The summed E-state index contributed by atoms with van der Waals surface area (Å²) in [7, 11) is -4.02. The molecule has 3 heterocycles. The van der Waals surface area contributed by atoms with E-state index in [0.29, 0.717) is 42.6 Å². The van der Waals surface area contributed by atoms with Crippen LogP contribution in [-0.4, -0.2) is 90.3 Å². The lowest BCUT2D eigenvalue weighted by atomic mass is 10.2. The van der Waals surface area contributed by atoms with E-state index in [2.05, 4.69) is 30.4 Å². The summed E-state index contributed by atoms with van der Waals surface area (Å²) in [5, 5.41) is 9.86. The van der Waals surface area contributed by atoms with Gasteiger partial charge in [-0.2, -0.15) is 16.7 Å². The Morgan fingerprint density at radius 1 is 1.10 bits per heavy atom. The number of aromatic nitrogens is 4. The number of nitrogens with zero attached hydrogens (tertiary/aromatic N) is 5. The molecule has 1 saturated heterocycles. The van der Waals surface area contributed by atoms with Crippen molar-refractivity contribution in [3.05, 3.63) is 57.9 Å². The highest BCUT2D eigenvalue weighted by Crippen LogP contribution is 2.27. The van der Waals surface area contributed by atoms with Crippen LogP contribution < -0.4 is 15.8 Å². The fourth-order valence-corrected chi connectivity index (χ4v) is 6.68. The molecular formula is C26H31N7O4S2. The average molecular weight is 570 g/mol. The number of hydrogen-bond donors (Lipinski definition) is 2. The van der Waals surface area contributed by atoms with Crippen LogP contribution in [0.5, 0.6) is 0 Å². The number of carbonyl (C=O) groups is 1. The minimum atomic E-state index is -4.02. The van der Waals surface area contributed by atoms with E-state index < -0.39 is 15.4 Å². The highest BCUT2D eigenvalue weighted by Gasteiger charge is 2.28. The van der Waals surface area contributed by atoms with Crippen LogP contribution in [0.3, 0.4) is 0 Å². The molecule has 4 aromatic rings. The molecule has 0 unspecified atom stereocenters. The second-order valence-corrected chi connectivity index (χ2v) is 12.5. The Hall–Kier alpha value is -3.42. The fourth-order valence-electron chi connectivity index (χ4n) is 4.89. The number of fused-ring (bicyclic) bond motifs is 3. The number of hydrogen-bond acceptors (Lipinski definition) is 9. The minimum Gasteiger partial charge on any atom is -0.369 e. The first-order valence-corrected chi connectivity index (χ1v) is 15.5. The molecule has 1 aliphatic rings. The van der Waals surface area contributed by atoms with Gasteiger partial charge >= 0.3 is 0 Å². The quantitative estimate of drug-likeness (QED) is 0.304. The second kappa shape index (κ2) is 11.0.